The van der Waals surface area contributed by atoms with Gasteiger partial charge in [0, 0.05) is 24.2 Å². The zero-order chi connectivity index (χ0) is 16.9. The van der Waals surface area contributed by atoms with Crippen LogP contribution in [0.1, 0.15) is 49.4 Å². The number of fused-ring (bicyclic) bond motifs is 2. The van der Waals surface area contributed by atoms with E-state index in [0.717, 1.165) is 45.2 Å². The van der Waals surface area contributed by atoms with Crippen molar-refractivity contribution in [3.63, 3.8) is 0 Å². The molecule has 24 heavy (non-hydrogen) atoms. The van der Waals surface area contributed by atoms with Crippen LogP contribution in [-0.4, -0.2) is 49.7 Å². The lowest BCUT2D eigenvalue weighted by Gasteiger charge is -2.28. The van der Waals surface area contributed by atoms with Crippen LogP contribution in [0, 0.1) is 0 Å². The fourth-order valence-electron chi connectivity index (χ4n) is 3.71. The Bertz CT molecular complexity index is 562. The molecule has 5 nitrogen and oxygen atoms in total. The molecule has 0 saturated carbocycles. The van der Waals surface area contributed by atoms with Crippen molar-refractivity contribution in [2.45, 2.75) is 51.1 Å². The topological polar surface area (TPSA) is 50.8 Å². The van der Waals surface area contributed by atoms with E-state index in [1.807, 2.05) is 18.2 Å². The van der Waals surface area contributed by atoms with Gasteiger partial charge in [-0.15, -0.1) is 0 Å². The van der Waals surface area contributed by atoms with E-state index in [9.17, 15) is 4.79 Å². The number of amides is 1. The second-order valence-electron chi connectivity index (χ2n) is 6.66. The van der Waals surface area contributed by atoms with Crippen molar-refractivity contribution < 1.29 is 14.3 Å². The molecule has 2 unspecified atom stereocenters. The third kappa shape index (κ3) is 3.51. The molecule has 0 aliphatic carbocycles. The predicted octanol–water partition coefficient (Wildman–Crippen LogP) is 2.84. The normalized spacial score (nSPS) is 23.0. The van der Waals surface area contributed by atoms with Crippen LogP contribution in [0.2, 0.25) is 0 Å². The summed E-state index contributed by atoms with van der Waals surface area (Å²) in [4.78, 5) is 15.1. The quantitative estimate of drug-likeness (QED) is 0.814. The van der Waals surface area contributed by atoms with E-state index in [0.29, 0.717) is 35.8 Å². The van der Waals surface area contributed by atoms with Gasteiger partial charge in [-0.05, 0) is 50.4 Å². The third-order valence-electron chi connectivity index (χ3n) is 5.05. The molecule has 1 amide bonds. The molecule has 1 aromatic rings. The van der Waals surface area contributed by atoms with E-state index in [4.69, 9.17) is 9.47 Å². The van der Waals surface area contributed by atoms with Crippen molar-refractivity contribution in [3.8, 4) is 11.5 Å². The largest absolute Gasteiger partial charge is 0.493 e. The van der Waals surface area contributed by atoms with Gasteiger partial charge in [0.2, 0.25) is 0 Å². The van der Waals surface area contributed by atoms with Gasteiger partial charge in [-0.2, -0.15) is 0 Å². The highest BCUT2D eigenvalue weighted by Crippen LogP contribution is 2.33. The third-order valence-corrected chi connectivity index (χ3v) is 5.05. The molecular weight excluding hydrogens is 304 g/mol. The molecule has 2 heterocycles. The Morgan fingerprint density at radius 2 is 2.08 bits per heavy atom. The molecule has 132 valence electrons. The van der Waals surface area contributed by atoms with Crippen LogP contribution in [0.3, 0.4) is 0 Å². The van der Waals surface area contributed by atoms with Gasteiger partial charge in [-0.1, -0.05) is 13.3 Å². The van der Waals surface area contributed by atoms with Crippen LogP contribution in [0.15, 0.2) is 18.2 Å². The maximum atomic E-state index is 13.1. The van der Waals surface area contributed by atoms with Crippen molar-refractivity contribution in [1.82, 2.24) is 10.2 Å². The Morgan fingerprint density at radius 3 is 2.88 bits per heavy atom. The van der Waals surface area contributed by atoms with E-state index in [1.165, 1.54) is 0 Å². The number of carbonyl (C=O) groups is 1. The smallest absolute Gasteiger partial charge is 0.254 e. The summed E-state index contributed by atoms with van der Waals surface area (Å²) in [5.41, 5.74) is 0.688. The van der Waals surface area contributed by atoms with Crippen molar-refractivity contribution in [2.24, 2.45) is 0 Å². The highest BCUT2D eigenvalue weighted by molar-refractivity contribution is 5.95. The van der Waals surface area contributed by atoms with Crippen molar-refractivity contribution >= 4 is 5.91 Å². The SMILES string of the molecule is CCCCOc1ccc(C(=O)N2C3CCNCC2CC3)cc1OC. The second kappa shape index (κ2) is 7.88. The number of ether oxygens (including phenoxy) is 2. The van der Waals surface area contributed by atoms with Gasteiger partial charge in [0.15, 0.2) is 11.5 Å². The van der Waals surface area contributed by atoms with Crippen LogP contribution in [0.4, 0.5) is 0 Å². The van der Waals surface area contributed by atoms with E-state index < -0.39 is 0 Å². The van der Waals surface area contributed by atoms with Crippen molar-refractivity contribution in [1.29, 1.82) is 0 Å². The molecule has 2 saturated heterocycles. The predicted molar refractivity (Wildman–Crippen MR) is 93.9 cm³/mol. The van der Waals surface area contributed by atoms with Gasteiger partial charge < -0.3 is 19.7 Å². The van der Waals surface area contributed by atoms with Crippen LogP contribution in [-0.2, 0) is 0 Å². The van der Waals surface area contributed by atoms with E-state index in [2.05, 4.69) is 17.1 Å². The first-order valence-corrected chi connectivity index (χ1v) is 9.08. The molecule has 2 bridgehead atoms. The Kier molecular flexibility index (Phi) is 5.61. The lowest BCUT2D eigenvalue weighted by atomic mass is 10.1. The number of unbranched alkanes of at least 4 members (excludes halogenated alkanes) is 1. The molecule has 3 rings (SSSR count). The molecule has 0 spiro atoms. The maximum Gasteiger partial charge on any atom is 0.254 e. The average molecular weight is 332 g/mol. The first-order chi connectivity index (χ1) is 11.7. The number of rotatable bonds is 6. The number of benzene rings is 1. The molecule has 0 aromatic heterocycles. The monoisotopic (exact) mass is 332 g/mol. The summed E-state index contributed by atoms with van der Waals surface area (Å²) in [7, 11) is 1.62. The van der Waals surface area contributed by atoms with Crippen LogP contribution >= 0.6 is 0 Å². The first-order valence-electron chi connectivity index (χ1n) is 9.08. The number of hydrogen-bond acceptors (Lipinski definition) is 4. The molecule has 0 radical (unpaired) electrons. The Hall–Kier alpha value is -1.75. The first kappa shape index (κ1) is 17.1. The summed E-state index contributed by atoms with van der Waals surface area (Å²) >= 11 is 0. The number of carbonyl (C=O) groups excluding carboxylic acids is 1. The summed E-state index contributed by atoms with van der Waals surface area (Å²) in [6, 6.07) is 6.23. The summed E-state index contributed by atoms with van der Waals surface area (Å²) in [5, 5.41) is 3.44. The minimum atomic E-state index is 0.115. The number of hydrogen-bond donors (Lipinski definition) is 1. The highest BCUT2D eigenvalue weighted by atomic mass is 16.5. The van der Waals surface area contributed by atoms with Gasteiger partial charge in [0.25, 0.3) is 5.91 Å². The zero-order valence-corrected chi connectivity index (χ0v) is 14.7. The zero-order valence-electron chi connectivity index (χ0n) is 14.7. The van der Waals surface area contributed by atoms with Crippen LogP contribution in [0.25, 0.3) is 0 Å². The highest BCUT2D eigenvalue weighted by Gasteiger charge is 2.38. The molecular formula is C19H28N2O3. The standard InChI is InChI=1S/C19H28N2O3/c1-3-4-11-24-17-8-5-14(12-18(17)23-2)19(22)21-15-6-7-16(21)13-20-10-9-15/h5,8,12,15-16,20H,3-4,6-7,9-11,13H2,1-2H3. The molecule has 1 N–H and O–H groups in total. The van der Waals surface area contributed by atoms with Gasteiger partial charge in [0.1, 0.15) is 0 Å². The van der Waals surface area contributed by atoms with Gasteiger partial charge >= 0.3 is 0 Å². The van der Waals surface area contributed by atoms with Crippen molar-refractivity contribution in [2.75, 3.05) is 26.8 Å². The summed E-state index contributed by atoms with van der Waals surface area (Å²) < 4.78 is 11.2. The Morgan fingerprint density at radius 1 is 1.25 bits per heavy atom. The Balaban J connectivity index is 1.77. The van der Waals surface area contributed by atoms with Crippen LogP contribution < -0.4 is 14.8 Å². The second-order valence-corrected chi connectivity index (χ2v) is 6.66. The van der Waals surface area contributed by atoms with E-state index in [1.54, 1.807) is 7.11 Å². The minimum Gasteiger partial charge on any atom is -0.493 e. The fraction of sp³-hybridized carbons (Fsp3) is 0.632. The van der Waals surface area contributed by atoms with Gasteiger partial charge in [-0.3, -0.25) is 4.79 Å². The molecule has 2 atom stereocenters. The molecule has 2 aliphatic heterocycles. The summed E-state index contributed by atoms with van der Waals surface area (Å²) in [5.74, 6) is 1.46. The molecule has 2 fully saturated rings. The minimum absolute atomic E-state index is 0.115. The fourth-order valence-corrected chi connectivity index (χ4v) is 3.71. The van der Waals surface area contributed by atoms with Crippen molar-refractivity contribution in [3.05, 3.63) is 23.8 Å². The van der Waals surface area contributed by atoms with E-state index >= 15 is 0 Å². The maximum absolute atomic E-state index is 13.1. The molecule has 5 heteroatoms. The van der Waals surface area contributed by atoms with Gasteiger partial charge in [-0.25, -0.2) is 0 Å². The summed E-state index contributed by atoms with van der Waals surface area (Å²) in [6.07, 6.45) is 5.35. The lowest BCUT2D eigenvalue weighted by molar-refractivity contribution is 0.0680. The summed E-state index contributed by atoms with van der Waals surface area (Å²) in [6.45, 7) is 4.70. The Labute approximate surface area is 144 Å². The number of nitrogens with zero attached hydrogens (tertiary/aromatic N) is 1. The molecule has 1 aromatic carbocycles. The lowest BCUT2D eigenvalue weighted by Crippen LogP contribution is -2.42. The van der Waals surface area contributed by atoms with Gasteiger partial charge in [0.05, 0.1) is 13.7 Å². The molecule has 2 aliphatic rings. The van der Waals surface area contributed by atoms with E-state index in [-0.39, 0.29) is 5.91 Å². The average Bonchev–Trinajstić information content (AvgIpc) is 2.87. The number of methoxy groups -OCH3 is 1. The number of nitrogens with one attached hydrogen (secondary N) is 1. The van der Waals surface area contributed by atoms with Crippen LogP contribution in [0.5, 0.6) is 11.5 Å².